The smallest absolute Gasteiger partial charge is 0.269 e. The Bertz CT molecular complexity index is 1070. The fourth-order valence-corrected chi connectivity index (χ4v) is 3.84. The first kappa shape index (κ1) is 19.9. The van der Waals surface area contributed by atoms with Gasteiger partial charge in [-0.25, -0.2) is 4.68 Å². The normalized spacial score (nSPS) is 14.5. The molecule has 0 aliphatic carbocycles. The number of nitrogens with zero attached hydrogens (tertiary/aromatic N) is 3. The van der Waals surface area contributed by atoms with E-state index in [4.69, 9.17) is 0 Å². The molecular formula is C24H26N4O2. The largest absolute Gasteiger partial charge is 0.370 e. The van der Waals surface area contributed by atoms with Gasteiger partial charge >= 0.3 is 0 Å². The summed E-state index contributed by atoms with van der Waals surface area (Å²) in [7, 11) is 0. The van der Waals surface area contributed by atoms with Gasteiger partial charge in [0.2, 0.25) is 5.91 Å². The first-order valence-electron chi connectivity index (χ1n) is 10.3. The molecule has 1 aliphatic rings. The predicted octanol–water partition coefficient (Wildman–Crippen LogP) is 3.46. The molecule has 30 heavy (non-hydrogen) atoms. The number of anilines is 2. The molecule has 0 radical (unpaired) electrons. The predicted molar refractivity (Wildman–Crippen MR) is 119 cm³/mol. The van der Waals surface area contributed by atoms with Crippen molar-refractivity contribution < 1.29 is 4.79 Å². The van der Waals surface area contributed by atoms with Gasteiger partial charge in [-0.3, -0.25) is 9.59 Å². The Balaban J connectivity index is 1.35. The summed E-state index contributed by atoms with van der Waals surface area (Å²) in [6, 6.07) is 19.3. The highest BCUT2D eigenvalue weighted by Gasteiger charge is 2.25. The molecule has 0 bridgehead atoms. The molecule has 2 aromatic carbocycles. The molecule has 0 saturated carbocycles. The van der Waals surface area contributed by atoms with Crippen molar-refractivity contribution in [3.8, 4) is 0 Å². The third-order valence-corrected chi connectivity index (χ3v) is 5.55. The Morgan fingerprint density at radius 2 is 1.83 bits per heavy atom. The summed E-state index contributed by atoms with van der Waals surface area (Å²) in [4.78, 5) is 27.2. The van der Waals surface area contributed by atoms with Crippen molar-refractivity contribution in [1.82, 2.24) is 9.78 Å². The lowest BCUT2D eigenvalue weighted by Gasteiger charge is -2.32. The van der Waals surface area contributed by atoms with E-state index >= 15 is 0 Å². The molecule has 0 spiro atoms. The van der Waals surface area contributed by atoms with E-state index in [9.17, 15) is 9.59 Å². The van der Waals surface area contributed by atoms with Crippen LogP contribution < -0.4 is 15.8 Å². The van der Waals surface area contributed by atoms with E-state index in [-0.39, 0.29) is 17.4 Å². The van der Waals surface area contributed by atoms with Gasteiger partial charge in [-0.2, -0.15) is 5.10 Å². The van der Waals surface area contributed by atoms with Crippen molar-refractivity contribution >= 4 is 17.3 Å². The average molecular weight is 402 g/mol. The molecular weight excluding hydrogens is 376 g/mol. The molecule has 6 nitrogen and oxygen atoms in total. The molecule has 1 saturated heterocycles. The lowest BCUT2D eigenvalue weighted by molar-refractivity contribution is -0.120. The Kier molecular flexibility index (Phi) is 5.93. The van der Waals surface area contributed by atoms with Crippen LogP contribution in [0.4, 0.5) is 11.4 Å². The number of hydrogen-bond acceptors (Lipinski definition) is 4. The first-order chi connectivity index (χ1) is 14.6. The van der Waals surface area contributed by atoms with E-state index in [1.807, 2.05) is 61.5 Å². The monoisotopic (exact) mass is 402 g/mol. The fraction of sp³-hybridized carbons (Fsp3) is 0.292. The van der Waals surface area contributed by atoms with Crippen molar-refractivity contribution in [3.05, 3.63) is 88.3 Å². The van der Waals surface area contributed by atoms with E-state index in [0.29, 0.717) is 6.54 Å². The number of amides is 1. The molecule has 6 heteroatoms. The van der Waals surface area contributed by atoms with E-state index in [1.165, 1.54) is 4.68 Å². The first-order valence-corrected chi connectivity index (χ1v) is 10.3. The molecule has 1 amide bonds. The Morgan fingerprint density at radius 3 is 2.53 bits per heavy atom. The third kappa shape index (κ3) is 4.76. The van der Waals surface area contributed by atoms with Crippen molar-refractivity contribution in [3.63, 3.8) is 0 Å². The second kappa shape index (κ2) is 8.95. The van der Waals surface area contributed by atoms with Gasteiger partial charge < -0.3 is 10.2 Å². The number of nitrogens with one attached hydrogen (secondary N) is 1. The second-order valence-electron chi connectivity index (χ2n) is 7.82. The van der Waals surface area contributed by atoms with E-state index in [0.717, 1.165) is 48.4 Å². The minimum absolute atomic E-state index is 0.0202. The van der Waals surface area contributed by atoms with Crippen molar-refractivity contribution in [1.29, 1.82) is 0 Å². The number of piperidine rings is 1. The summed E-state index contributed by atoms with van der Waals surface area (Å²) in [6.45, 7) is 3.93. The van der Waals surface area contributed by atoms with Crippen LogP contribution in [0.2, 0.25) is 0 Å². The molecule has 154 valence electrons. The minimum atomic E-state index is -0.115. The Morgan fingerprint density at radius 1 is 1.07 bits per heavy atom. The molecule has 2 heterocycles. The summed E-state index contributed by atoms with van der Waals surface area (Å²) in [5.41, 5.74) is 3.71. The summed E-state index contributed by atoms with van der Waals surface area (Å²) < 4.78 is 1.47. The second-order valence-corrected chi connectivity index (χ2v) is 7.82. The molecule has 1 aromatic heterocycles. The quantitative estimate of drug-likeness (QED) is 0.710. The number of hydrogen-bond donors (Lipinski definition) is 1. The molecule has 3 aromatic rings. The highest BCUT2D eigenvalue weighted by molar-refractivity contribution is 5.92. The zero-order chi connectivity index (χ0) is 20.9. The van der Waals surface area contributed by atoms with Gasteiger partial charge in [0.05, 0.1) is 18.4 Å². The van der Waals surface area contributed by atoms with Crippen LogP contribution in [0.1, 0.15) is 24.0 Å². The van der Waals surface area contributed by atoms with Crippen LogP contribution in [0.15, 0.2) is 71.7 Å². The number of carbonyl (C=O) groups is 1. The maximum absolute atomic E-state index is 12.6. The molecule has 0 unspecified atom stereocenters. The van der Waals surface area contributed by atoms with Crippen LogP contribution in [0.3, 0.4) is 0 Å². The van der Waals surface area contributed by atoms with Crippen LogP contribution >= 0.6 is 0 Å². The summed E-state index contributed by atoms with van der Waals surface area (Å²) in [6.07, 6.45) is 3.26. The van der Waals surface area contributed by atoms with E-state index in [2.05, 4.69) is 15.3 Å². The van der Waals surface area contributed by atoms with Gasteiger partial charge in [0.25, 0.3) is 5.56 Å². The average Bonchev–Trinajstić information content (AvgIpc) is 2.76. The minimum Gasteiger partial charge on any atom is -0.370 e. The van der Waals surface area contributed by atoms with Gasteiger partial charge in [-0.15, -0.1) is 0 Å². The van der Waals surface area contributed by atoms with Crippen LogP contribution in [-0.2, 0) is 11.3 Å². The SMILES string of the molecule is Cc1cccc(NC(=O)C2CCN(c3cnn(Cc4ccccc4)c(=O)c3)CC2)c1. The van der Waals surface area contributed by atoms with Gasteiger partial charge in [0.1, 0.15) is 0 Å². The number of aryl methyl sites for hydroxylation is 1. The highest BCUT2D eigenvalue weighted by Crippen LogP contribution is 2.23. The van der Waals surface area contributed by atoms with E-state index in [1.54, 1.807) is 12.3 Å². The number of carbonyl (C=O) groups excluding carboxylic acids is 1. The van der Waals surface area contributed by atoms with Gasteiger partial charge in [0, 0.05) is 30.8 Å². The fourth-order valence-electron chi connectivity index (χ4n) is 3.84. The molecule has 1 N–H and O–H groups in total. The number of benzene rings is 2. The highest BCUT2D eigenvalue weighted by atomic mass is 16.2. The van der Waals surface area contributed by atoms with Crippen molar-refractivity contribution in [2.75, 3.05) is 23.3 Å². The van der Waals surface area contributed by atoms with Crippen molar-refractivity contribution in [2.45, 2.75) is 26.3 Å². The zero-order valence-electron chi connectivity index (χ0n) is 17.1. The lowest BCUT2D eigenvalue weighted by Crippen LogP contribution is -2.39. The molecule has 4 rings (SSSR count). The molecule has 0 atom stereocenters. The maximum Gasteiger partial charge on any atom is 0.269 e. The number of rotatable bonds is 5. The Labute approximate surface area is 176 Å². The van der Waals surface area contributed by atoms with Crippen LogP contribution in [0.5, 0.6) is 0 Å². The van der Waals surface area contributed by atoms with Crippen LogP contribution in [-0.4, -0.2) is 28.8 Å². The standard InChI is InChI=1S/C24H26N4O2/c1-18-6-5-9-21(14-18)26-24(30)20-10-12-27(13-11-20)22-15-23(29)28(25-16-22)17-19-7-3-2-4-8-19/h2-9,14-16,20H,10-13,17H2,1H3,(H,26,30). The van der Waals surface area contributed by atoms with Gasteiger partial charge in [-0.05, 0) is 43.0 Å². The zero-order valence-corrected chi connectivity index (χ0v) is 17.1. The summed E-state index contributed by atoms with van der Waals surface area (Å²) in [5, 5.41) is 7.37. The third-order valence-electron chi connectivity index (χ3n) is 5.55. The van der Waals surface area contributed by atoms with Gasteiger partial charge in [-0.1, -0.05) is 42.5 Å². The summed E-state index contributed by atoms with van der Waals surface area (Å²) >= 11 is 0. The topological polar surface area (TPSA) is 67.2 Å². The Hall–Kier alpha value is -3.41. The molecule has 1 aliphatic heterocycles. The van der Waals surface area contributed by atoms with Crippen LogP contribution in [0.25, 0.3) is 0 Å². The van der Waals surface area contributed by atoms with E-state index < -0.39 is 0 Å². The molecule has 1 fully saturated rings. The maximum atomic E-state index is 12.6. The number of aromatic nitrogens is 2. The summed E-state index contributed by atoms with van der Waals surface area (Å²) in [5.74, 6) is 0.0461. The van der Waals surface area contributed by atoms with Gasteiger partial charge in [0.15, 0.2) is 0 Å². The van der Waals surface area contributed by atoms with Crippen molar-refractivity contribution in [2.24, 2.45) is 5.92 Å². The van der Waals surface area contributed by atoms with Crippen LogP contribution in [0, 0.1) is 12.8 Å². The lowest BCUT2D eigenvalue weighted by atomic mass is 9.95.